The summed E-state index contributed by atoms with van der Waals surface area (Å²) in [5, 5.41) is 12.8. The predicted molar refractivity (Wildman–Crippen MR) is 80.1 cm³/mol. The Bertz CT molecular complexity index is 511. The molecule has 1 aliphatic rings. The molecule has 22 heavy (non-hydrogen) atoms. The van der Waals surface area contributed by atoms with Gasteiger partial charge in [-0.3, -0.25) is 0 Å². The van der Waals surface area contributed by atoms with Gasteiger partial charge >= 0.3 is 6.61 Å². The Morgan fingerprint density at radius 3 is 2.91 bits per heavy atom. The summed E-state index contributed by atoms with van der Waals surface area (Å²) < 4.78 is 29.3. The topological polar surface area (TPSA) is 57.1 Å². The Balaban J connectivity index is 2.10. The fourth-order valence-electron chi connectivity index (χ4n) is 2.37. The number of aliphatic hydroxyl groups is 1. The quantitative estimate of drug-likeness (QED) is 0.643. The van der Waals surface area contributed by atoms with Crippen LogP contribution in [0.4, 0.5) is 8.78 Å². The van der Waals surface area contributed by atoms with Gasteiger partial charge in [0.1, 0.15) is 5.75 Å². The number of nitrogens with zero attached hydrogens (tertiary/aromatic N) is 2. The number of benzene rings is 1. The largest absolute Gasteiger partial charge is 0.434 e. The number of β-amino-alcohol motifs (C(OH)–C–C–N with tert-alkyl or cyclic N) is 1. The van der Waals surface area contributed by atoms with Gasteiger partial charge in [-0.1, -0.05) is 18.2 Å². The van der Waals surface area contributed by atoms with E-state index in [9.17, 15) is 13.9 Å². The van der Waals surface area contributed by atoms with Gasteiger partial charge in [-0.25, -0.2) is 4.99 Å². The number of hydrogen-bond donors (Lipinski definition) is 2. The second-order valence-corrected chi connectivity index (χ2v) is 5.04. The number of likely N-dealkylation sites (tertiary alicyclic amines) is 1. The highest BCUT2D eigenvalue weighted by molar-refractivity contribution is 5.80. The standard InChI is InChI=1S/C15H21F2N3O2/c1-2-18-15(20-8-7-12(21)10-20)19-9-11-5-3-4-6-13(11)22-14(16)17/h3-6,12,14,21H,2,7-10H2,1H3,(H,18,19)/t12-/m1/s1. The van der Waals surface area contributed by atoms with E-state index in [4.69, 9.17) is 0 Å². The van der Waals surface area contributed by atoms with E-state index >= 15 is 0 Å². The summed E-state index contributed by atoms with van der Waals surface area (Å²) in [4.78, 5) is 6.43. The summed E-state index contributed by atoms with van der Waals surface area (Å²) in [6.45, 7) is 1.28. The van der Waals surface area contributed by atoms with Crippen LogP contribution in [0.1, 0.15) is 18.9 Å². The lowest BCUT2D eigenvalue weighted by molar-refractivity contribution is -0.0504. The molecular formula is C15H21F2N3O2. The molecule has 0 aliphatic carbocycles. The number of aliphatic imine (C=N–C) groups is 1. The van der Waals surface area contributed by atoms with Crippen molar-refractivity contribution in [3.8, 4) is 5.75 Å². The van der Waals surface area contributed by atoms with Crippen molar-refractivity contribution in [2.45, 2.75) is 32.6 Å². The second-order valence-electron chi connectivity index (χ2n) is 5.04. The molecule has 5 nitrogen and oxygen atoms in total. The zero-order valence-electron chi connectivity index (χ0n) is 12.5. The lowest BCUT2D eigenvalue weighted by atomic mass is 10.2. The van der Waals surface area contributed by atoms with Crippen molar-refractivity contribution in [2.75, 3.05) is 19.6 Å². The zero-order valence-corrected chi connectivity index (χ0v) is 12.5. The Morgan fingerprint density at radius 2 is 2.27 bits per heavy atom. The molecular weight excluding hydrogens is 292 g/mol. The number of nitrogens with one attached hydrogen (secondary N) is 1. The maximum atomic E-state index is 12.4. The lowest BCUT2D eigenvalue weighted by Crippen LogP contribution is -2.40. The van der Waals surface area contributed by atoms with Crippen LogP contribution in [0.3, 0.4) is 0 Å². The average molecular weight is 313 g/mol. The molecule has 7 heteroatoms. The Labute approximate surface area is 128 Å². The number of aliphatic hydroxyl groups excluding tert-OH is 1. The molecule has 0 radical (unpaired) electrons. The van der Waals surface area contributed by atoms with E-state index in [2.05, 4.69) is 15.0 Å². The molecule has 1 aromatic carbocycles. The first-order valence-electron chi connectivity index (χ1n) is 7.34. The van der Waals surface area contributed by atoms with Crippen molar-refractivity contribution in [3.63, 3.8) is 0 Å². The number of hydrogen-bond acceptors (Lipinski definition) is 3. The third-order valence-corrected chi connectivity index (χ3v) is 3.39. The second kappa shape index (κ2) is 7.93. The molecule has 0 spiro atoms. The Kier molecular flexibility index (Phi) is 5.94. The van der Waals surface area contributed by atoms with Gasteiger partial charge in [-0.15, -0.1) is 0 Å². The highest BCUT2D eigenvalue weighted by Gasteiger charge is 2.22. The van der Waals surface area contributed by atoms with Gasteiger partial charge in [0, 0.05) is 25.2 Å². The van der Waals surface area contributed by atoms with Gasteiger partial charge in [0.2, 0.25) is 0 Å². The molecule has 0 aromatic heterocycles. The summed E-state index contributed by atoms with van der Waals surface area (Å²) in [5.41, 5.74) is 0.595. The molecule has 0 amide bonds. The molecule has 0 bridgehead atoms. The molecule has 1 aliphatic heterocycles. The van der Waals surface area contributed by atoms with E-state index in [1.54, 1.807) is 18.2 Å². The van der Waals surface area contributed by atoms with Crippen molar-refractivity contribution in [2.24, 2.45) is 4.99 Å². The molecule has 2 N–H and O–H groups in total. The number of para-hydroxylation sites is 1. The first-order chi connectivity index (χ1) is 10.6. The van der Waals surface area contributed by atoms with Gasteiger partial charge in [0.25, 0.3) is 0 Å². The first-order valence-corrected chi connectivity index (χ1v) is 7.34. The minimum absolute atomic E-state index is 0.138. The number of guanidine groups is 1. The fourth-order valence-corrected chi connectivity index (χ4v) is 2.37. The molecule has 122 valence electrons. The van der Waals surface area contributed by atoms with E-state index in [1.807, 2.05) is 11.8 Å². The van der Waals surface area contributed by atoms with Gasteiger partial charge < -0.3 is 20.1 Å². The van der Waals surface area contributed by atoms with E-state index in [-0.39, 0.29) is 18.4 Å². The minimum atomic E-state index is -2.85. The average Bonchev–Trinajstić information content (AvgIpc) is 2.91. The molecule has 1 aromatic rings. The highest BCUT2D eigenvalue weighted by Crippen LogP contribution is 2.21. The van der Waals surface area contributed by atoms with Gasteiger partial charge in [0.05, 0.1) is 12.6 Å². The molecule has 0 unspecified atom stereocenters. The number of alkyl halides is 2. The third-order valence-electron chi connectivity index (χ3n) is 3.39. The van der Waals surface area contributed by atoms with Crippen LogP contribution in [0, 0.1) is 0 Å². The number of ether oxygens (including phenoxy) is 1. The van der Waals surface area contributed by atoms with Crippen LogP contribution in [-0.4, -0.2) is 48.3 Å². The van der Waals surface area contributed by atoms with Crippen LogP contribution in [0.2, 0.25) is 0 Å². The van der Waals surface area contributed by atoms with Crippen LogP contribution in [0.15, 0.2) is 29.3 Å². The van der Waals surface area contributed by atoms with Gasteiger partial charge in [-0.2, -0.15) is 8.78 Å². The van der Waals surface area contributed by atoms with Crippen LogP contribution in [-0.2, 0) is 6.54 Å². The maximum absolute atomic E-state index is 12.4. The molecule has 1 fully saturated rings. The fraction of sp³-hybridized carbons (Fsp3) is 0.533. The van der Waals surface area contributed by atoms with Crippen molar-refractivity contribution in [3.05, 3.63) is 29.8 Å². The number of halogens is 2. The Hall–Kier alpha value is -1.89. The van der Waals surface area contributed by atoms with Gasteiger partial charge in [0.15, 0.2) is 5.96 Å². The van der Waals surface area contributed by atoms with Crippen LogP contribution < -0.4 is 10.1 Å². The number of rotatable bonds is 5. The van der Waals surface area contributed by atoms with Crippen molar-refractivity contribution in [1.82, 2.24) is 10.2 Å². The van der Waals surface area contributed by atoms with Crippen molar-refractivity contribution < 1.29 is 18.6 Å². The zero-order chi connectivity index (χ0) is 15.9. The van der Waals surface area contributed by atoms with Crippen molar-refractivity contribution >= 4 is 5.96 Å². The molecule has 0 saturated carbocycles. The van der Waals surface area contributed by atoms with E-state index < -0.39 is 6.61 Å². The molecule has 1 heterocycles. The summed E-state index contributed by atoms with van der Waals surface area (Å²) in [6, 6.07) is 6.62. The predicted octanol–water partition coefficient (Wildman–Crippen LogP) is 1.82. The summed E-state index contributed by atoms with van der Waals surface area (Å²) >= 11 is 0. The first kappa shape index (κ1) is 16.5. The van der Waals surface area contributed by atoms with Gasteiger partial charge in [-0.05, 0) is 19.4 Å². The summed E-state index contributed by atoms with van der Waals surface area (Å²) in [6.07, 6.45) is 0.355. The lowest BCUT2D eigenvalue weighted by Gasteiger charge is -2.21. The van der Waals surface area contributed by atoms with E-state index in [0.717, 1.165) is 6.54 Å². The Morgan fingerprint density at radius 1 is 1.50 bits per heavy atom. The van der Waals surface area contributed by atoms with Crippen LogP contribution in [0.5, 0.6) is 5.75 Å². The van der Waals surface area contributed by atoms with Crippen LogP contribution >= 0.6 is 0 Å². The van der Waals surface area contributed by atoms with Crippen molar-refractivity contribution in [1.29, 1.82) is 0 Å². The SMILES string of the molecule is CCNC(=NCc1ccccc1OC(F)F)N1CC[C@@H](O)C1. The molecule has 1 saturated heterocycles. The van der Waals surface area contributed by atoms with E-state index in [0.29, 0.717) is 31.0 Å². The minimum Gasteiger partial charge on any atom is -0.434 e. The van der Waals surface area contributed by atoms with E-state index in [1.165, 1.54) is 6.07 Å². The molecule has 1 atom stereocenters. The normalized spacial score (nSPS) is 18.9. The summed E-state index contributed by atoms with van der Waals surface area (Å²) in [7, 11) is 0. The molecule has 2 rings (SSSR count). The smallest absolute Gasteiger partial charge is 0.387 e. The maximum Gasteiger partial charge on any atom is 0.387 e. The highest BCUT2D eigenvalue weighted by atomic mass is 19.3. The monoisotopic (exact) mass is 313 g/mol. The van der Waals surface area contributed by atoms with Crippen LogP contribution in [0.25, 0.3) is 0 Å². The third kappa shape index (κ3) is 4.56. The summed E-state index contributed by atoms with van der Waals surface area (Å²) in [5.74, 6) is 0.810.